The topological polar surface area (TPSA) is 100 Å². The molecule has 0 unspecified atom stereocenters. The molecular formula is C30H37N7O. The Labute approximate surface area is 224 Å². The van der Waals surface area contributed by atoms with E-state index in [1.807, 2.05) is 31.6 Å². The SMILES string of the molecule is CCNC(=O)CCc1ccc2c(c1)[C@@H](N)C1(CCN(c3cnc(N4CCCc5ncccc54)cn3)CC1)C2. The molecule has 2 aliphatic heterocycles. The number of amides is 1. The van der Waals surface area contributed by atoms with E-state index in [1.165, 1.54) is 16.7 Å². The fourth-order valence-corrected chi connectivity index (χ4v) is 6.53. The van der Waals surface area contributed by atoms with E-state index in [0.29, 0.717) is 13.0 Å². The normalized spacial score (nSPS) is 19.8. The number of fused-ring (bicyclic) bond motifs is 2. The number of rotatable bonds is 6. The summed E-state index contributed by atoms with van der Waals surface area (Å²) in [4.78, 5) is 30.6. The minimum atomic E-state index is 0.0327. The van der Waals surface area contributed by atoms with Crippen LogP contribution in [0.4, 0.5) is 17.3 Å². The van der Waals surface area contributed by atoms with Crippen molar-refractivity contribution in [3.63, 3.8) is 0 Å². The van der Waals surface area contributed by atoms with Gasteiger partial charge in [-0.2, -0.15) is 0 Å². The first kappa shape index (κ1) is 24.8. The molecule has 8 heteroatoms. The van der Waals surface area contributed by atoms with Crippen LogP contribution in [0.3, 0.4) is 0 Å². The highest BCUT2D eigenvalue weighted by atomic mass is 16.1. The molecule has 1 saturated heterocycles. The van der Waals surface area contributed by atoms with E-state index in [-0.39, 0.29) is 17.4 Å². The Morgan fingerprint density at radius 1 is 1.11 bits per heavy atom. The summed E-state index contributed by atoms with van der Waals surface area (Å²) in [7, 11) is 0. The van der Waals surface area contributed by atoms with E-state index < -0.39 is 0 Å². The van der Waals surface area contributed by atoms with Crippen LogP contribution < -0.4 is 20.9 Å². The number of piperidine rings is 1. The Balaban J connectivity index is 1.10. The number of nitrogens with one attached hydrogen (secondary N) is 1. The molecule has 3 N–H and O–H groups in total. The number of aromatic nitrogens is 3. The highest BCUT2D eigenvalue weighted by molar-refractivity contribution is 5.76. The first-order chi connectivity index (χ1) is 18.6. The smallest absolute Gasteiger partial charge is 0.220 e. The van der Waals surface area contributed by atoms with Gasteiger partial charge in [0.05, 0.1) is 23.8 Å². The second-order valence-corrected chi connectivity index (χ2v) is 10.9. The van der Waals surface area contributed by atoms with Crippen LogP contribution in [0.1, 0.15) is 61.0 Å². The number of hydrogen-bond donors (Lipinski definition) is 2. The van der Waals surface area contributed by atoms with Crippen molar-refractivity contribution >= 4 is 23.2 Å². The lowest BCUT2D eigenvalue weighted by molar-refractivity contribution is -0.120. The van der Waals surface area contributed by atoms with Crippen LogP contribution in [0, 0.1) is 5.41 Å². The number of hydrogen-bond acceptors (Lipinski definition) is 7. The number of carbonyl (C=O) groups excluding carboxylic acids is 1. The van der Waals surface area contributed by atoms with E-state index in [9.17, 15) is 4.79 Å². The fourth-order valence-electron chi connectivity index (χ4n) is 6.53. The van der Waals surface area contributed by atoms with Crippen molar-refractivity contribution in [1.82, 2.24) is 20.3 Å². The van der Waals surface area contributed by atoms with E-state index in [2.05, 4.69) is 44.4 Å². The number of aryl methyl sites for hydroxylation is 2. The number of nitrogens with zero attached hydrogens (tertiary/aromatic N) is 5. The summed E-state index contributed by atoms with van der Waals surface area (Å²) in [5, 5.41) is 2.88. The lowest BCUT2D eigenvalue weighted by atomic mass is 9.73. The summed E-state index contributed by atoms with van der Waals surface area (Å²) >= 11 is 0. The minimum absolute atomic E-state index is 0.0327. The van der Waals surface area contributed by atoms with Crippen molar-refractivity contribution in [3.05, 3.63) is 71.3 Å². The first-order valence-electron chi connectivity index (χ1n) is 14.0. The third-order valence-corrected chi connectivity index (χ3v) is 8.70. The molecule has 6 rings (SSSR count). The Hall–Kier alpha value is -3.52. The van der Waals surface area contributed by atoms with Gasteiger partial charge in [-0.3, -0.25) is 9.78 Å². The van der Waals surface area contributed by atoms with Gasteiger partial charge < -0.3 is 20.9 Å². The van der Waals surface area contributed by atoms with Crippen LogP contribution in [-0.2, 0) is 24.1 Å². The molecule has 1 amide bonds. The molecular weight excluding hydrogens is 474 g/mol. The lowest BCUT2D eigenvalue weighted by Gasteiger charge is -2.42. The predicted octanol–water partition coefficient (Wildman–Crippen LogP) is 3.87. The zero-order chi connectivity index (χ0) is 26.1. The Morgan fingerprint density at radius 3 is 2.71 bits per heavy atom. The van der Waals surface area contributed by atoms with Gasteiger partial charge >= 0.3 is 0 Å². The Bertz CT molecular complexity index is 1300. The molecule has 1 aromatic carbocycles. The van der Waals surface area contributed by atoms with Gasteiger partial charge in [0.1, 0.15) is 5.82 Å². The molecule has 0 saturated carbocycles. The molecule has 198 valence electrons. The highest BCUT2D eigenvalue weighted by Gasteiger charge is 2.46. The Morgan fingerprint density at radius 2 is 1.92 bits per heavy atom. The van der Waals surface area contributed by atoms with Crippen molar-refractivity contribution in [1.29, 1.82) is 0 Å². The maximum Gasteiger partial charge on any atom is 0.220 e. The second-order valence-electron chi connectivity index (χ2n) is 10.9. The van der Waals surface area contributed by atoms with Crippen molar-refractivity contribution in [2.45, 2.75) is 57.9 Å². The minimum Gasteiger partial charge on any atom is -0.356 e. The Kier molecular flexibility index (Phi) is 6.74. The molecule has 4 heterocycles. The van der Waals surface area contributed by atoms with Crippen LogP contribution in [-0.4, -0.2) is 47.0 Å². The highest BCUT2D eigenvalue weighted by Crippen LogP contribution is 2.51. The van der Waals surface area contributed by atoms with E-state index in [1.54, 1.807) is 0 Å². The zero-order valence-electron chi connectivity index (χ0n) is 22.2. The van der Waals surface area contributed by atoms with Crippen LogP contribution in [0.5, 0.6) is 0 Å². The van der Waals surface area contributed by atoms with Crippen molar-refractivity contribution in [3.8, 4) is 0 Å². The van der Waals surface area contributed by atoms with Gasteiger partial charge in [-0.1, -0.05) is 18.2 Å². The van der Waals surface area contributed by atoms with Crippen LogP contribution in [0.2, 0.25) is 0 Å². The number of pyridine rings is 1. The van der Waals surface area contributed by atoms with Gasteiger partial charge in [0.15, 0.2) is 5.82 Å². The molecule has 3 aliphatic rings. The van der Waals surface area contributed by atoms with Gasteiger partial charge in [0.25, 0.3) is 0 Å². The summed E-state index contributed by atoms with van der Waals surface area (Å²) in [6.07, 6.45) is 12.1. The van der Waals surface area contributed by atoms with E-state index in [0.717, 1.165) is 81.2 Å². The first-order valence-corrected chi connectivity index (χ1v) is 14.0. The molecule has 1 spiro atoms. The second kappa shape index (κ2) is 10.3. The quantitative estimate of drug-likeness (QED) is 0.518. The van der Waals surface area contributed by atoms with Crippen LogP contribution in [0.25, 0.3) is 0 Å². The summed E-state index contributed by atoms with van der Waals surface area (Å²) in [5.74, 6) is 1.92. The monoisotopic (exact) mass is 511 g/mol. The van der Waals surface area contributed by atoms with Crippen LogP contribution >= 0.6 is 0 Å². The standard InChI is InChI=1S/C30H37N7O/c1-2-32-28(38)10-8-21-7-9-22-18-30(29(31)23(22)17-21)11-15-36(16-12-30)26-19-35-27(20-34-26)37-14-4-5-24-25(37)6-3-13-33-24/h3,6-7,9,13,17,19-20,29H,2,4-5,8,10-12,14-16,18,31H2,1H3,(H,32,38)/t29-/m1/s1. The third-order valence-electron chi connectivity index (χ3n) is 8.70. The molecule has 1 aliphatic carbocycles. The summed E-state index contributed by atoms with van der Waals surface area (Å²) in [6.45, 7) is 5.41. The van der Waals surface area contributed by atoms with Crippen molar-refractivity contribution in [2.24, 2.45) is 11.1 Å². The van der Waals surface area contributed by atoms with Gasteiger partial charge in [0, 0.05) is 44.8 Å². The largest absolute Gasteiger partial charge is 0.356 e. The van der Waals surface area contributed by atoms with Gasteiger partial charge in [-0.15, -0.1) is 0 Å². The zero-order valence-corrected chi connectivity index (χ0v) is 22.2. The number of anilines is 3. The van der Waals surface area contributed by atoms with Gasteiger partial charge in [-0.25, -0.2) is 9.97 Å². The lowest BCUT2D eigenvalue weighted by Crippen LogP contribution is -2.44. The average Bonchev–Trinajstić information content (AvgIpc) is 3.22. The maximum atomic E-state index is 11.9. The maximum absolute atomic E-state index is 11.9. The molecule has 8 nitrogen and oxygen atoms in total. The molecule has 38 heavy (non-hydrogen) atoms. The number of nitrogens with two attached hydrogens (primary N) is 1. The van der Waals surface area contributed by atoms with Crippen molar-refractivity contribution in [2.75, 3.05) is 36.0 Å². The molecule has 1 fully saturated rings. The summed E-state index contributed by atoms with van der Waals surface area (Å²) in [5.41, 5.74) is 13.1. The summed E-state index contributed by atoms with van der Waals surface area (Å²) in [6, 6.07) is 10.8. The molecule has 1 atom stereocenters. The summed E-state index contributed by atoms with van der Waals surface area (Å²) < 4.78 is 0. The van der Waals surface area contributed by atoms with E-state index in [4.69, 9.17) is 15.7 Å². The molecule has 0 bridgehead atoms. The van der Waals surface area contributed by atoms with E-state index >= 15 is 0 Å². The van der Waals surface area contributed by atoms with Gasteiger partial charge in [-0.05, 0) is 79.7 Å². The van der Waals surface area contributed by atoms with Crippen molar-refractivity contribution < 1.29 is 4.79 Å². The number of carbonyl (C=O) groups is 1. The molecule has 3 aromatic rings. The third kappa shape index (κ3) is 4.62. The van der Waals surface area contributed by atoms with Crippen LogP contribution in [0.15, 0.2) is 48.9 Å². The fraction of sp³-hybridized carbons (Fsp3) is 0.467. The molecule has 0 radical (unpaired) electrons. The average molecular weight is 512 g/mol. The predicted molar refractivity (Wildman–Crippen MR) is 150 cm³/mol. The number of benzene rings is 1. The van der Waals surface area contributed by atoms with Gasteiger partial charge in [0.2, 0.25) is 5.91 Å². The molecule has 2 aromatic heterocycles.